The van der Waals surface area contributed by atoms with Crippen molar-refractivity contribution in [2.24, 2.45) is 0 Å². The molecule has 0 aliphatic carbocycles. The van der Waals surface area contributed by atoms with Crippen molar-refractivity contribution >= 4 is 11.6 Å². The van der Waals surface area contributed by atoms with E-state index in [0.717, 1.165) is 6.07 Å². The number of hydrogen-bond donors (Lipinski definition) is 0. The highest BCUT2D eigenvalue weighted by Gasteiger charge is 2.10. The highest BCUT2D eigenvalue weighted by molar-refractivity contribution is 6.31. The molecule has 0 spiro atoms. The zero-order chi connectivity index (χ0) is 9.14. The van der Waals surface area contributed by atoms with E-state index < -0.39 is 12.1 Å². The van der Waals surface area contributed by atoms with E-state index in [1.807, 2.05) is 0 Å². The summed E-state index contributed by atoms with van der Waals surface area (Å²) in [6, 6.07) is 3.94. The van der Waals surface area contributed by atoms with Gasteiger partial charge in [0.1, 0.15) is 11.8 Å². The second-order valence-electron chi connectivity index (χ2n) is 1.98. The van der Waals surface area contributed by atoms with Crippen molar-refractivity contribution in [2.75, 3.05) is 0 Å². The summed E-state index contributed by atoms with van der Waals surface area (Å²) in [7, 11) is 0. The lowest BCUT2D eigenvalue weighted by atomic mass is 10.3. The van der Waals surface area contributed by atoms with Crippen LogP contribution in [0, 0.1) is 11.3 Å². The van der Waals surface area contributed by atoms with E-state index in [0.29, 0.717) is 0 Å². The maximum Gasteiger partial charge on any atom is 0.280 e. The first-order valence-corrected chi connectivity index (χ1v) is 3.37. The Labute approximate surface area is 72.4 Å². The third-order valence-corrected chi connectivity index (χ3v) is 1.50. The highest BCUT2D eigenvalue weighted by atomic mass is 35.5. The van der Waals surface area contributed by atoms with Crippen LogP contribution in [0.5, 0.6) is 0 Å². The van der Waals surface area contributed by atoms with Crippen molar-refractivity contribution < 1.29 is 8.78 Å². The molecule has 0 N–H and O–H groups in total. The molecule has 2 nitrogen and oxygen atoms in total. The Morgan fingerprint density at radius 3 is 2.67 bits per heavy atom. The van der Waals surface area contributed by atoms with Crippen LogP contribution < -0.4 is 0 Å². The van der Waals surface area contributed by atoms with Gasteiger partial charge in [0, 0.05) is 0 Å². The molecule has 0 radical (unpaired) electrons. The van der Waals surface area contributed by atoms with Crippen LogP contribution in [-0.2, 0) is 0 Å². The molecule has 12 heavy (non-hydrogen) atoms. The first-order chi connectivity index (χ1) is 5.65. The molecule has 1 rings (SSSR count). The molecular formula is C7H3ClF2N2. The lowest BCUT2D eigenvalue weighted by molar-refractivity contribution is 0.146. The number of pyridine rings is 1. The van der Waals surface area contributed by atoms with E-state index >= 15 is 0 Å². The number of nitriles is 1. The van der Waals surface area contributed by atoms with Crippen LogP contribution >= 0.6 is 11.6 Å². The van der Waals surface area contributed by atoms with Gasteiger partial charge in [-0.05, 0) is 12.1 Å². The van der Waals surface area contributed by atoms with Gasteiger partial charge in [0.15, 0.2) is 5.69 Å². The monoisotopic (exact) mass is 188 g/mol. The number of hydrogen-bond acceptors (Lipinski definition) is 2. The summed E-state index contributed by atoms with van der Waals surface area (Å²) >= 11 is 5.47. The molecule has 0 aliphatic heterocycles. The second kappa shape index (κ2) is 3.46. The lowest BCUT2D eigenvalue weighted by Gasteiger charge is -1.98. The zero-order valence-corrected chi connectivity index (χ0v) is 6.52. The molecule has 5 heteroatoms. The van der Waals surface area contributed by atoms with Crippen LogP contribution in [0.4, 0.5) is 8.78 Å². The summed E-state index contributed by atoms with van der Waals surface area (Å²) in [4.78, 5) is 3.35. The van der Waals surface area contributed by atoms with Gasteiger partial charge in [-0.1, -0.05) is 11.6 Å². The molecular weight excluding hydrogens is 186 g/mol. The van der Waals surface area contributed by atoms with Gasteiger partial charge < -0.3 is 0 Å². The molecule has 1 aromatic heterocycles. The Hall–Kier alpha value is -1.21. The van der Waals surface area contributed by atoms with Gasteiger partial charge in [-0.25, -0.2) is 13.8 Å². The van der Waals surface area contributed by atoms with E-state index in [4.69, 9.17) is 16.9 Å². The summed E-state index contributed by atoms with van der Waals surface area (Å²) in [6.07, 6.45) is -2.67. The minimum Gasteiger partial charge on any atom is -0.235 e. The summed E-state index contributed by atoms with van der Waals surface area (Å²) in [5, 5.41) is 8.47. The Bertz CT molecular complexity index is 333. The molecule has 1 aromatic rings. The average Bonchev–Trinajstić information content (AvgIpc) is 2.05. The smallest absolute Gasteiger partial charge is 0.235 e. The summed E-state index contributed by atoms with van der Waals surface area (Å²) in [6.45, 7) is 0. The van der Waals surface area contributed by atoms with E-state index in [2.05, 4.69) is 4.98 Å². The fourth-order valence-corrected chi connectivity index (χ4v) is 0.805. The average molecular weight is 189 g/mol. The predicted molar refractivity (Wildman–Crippen MR) is 38.9 cm³/mol. The van der Waals surface area contributed by atoms with Crippen molar-refractivity contribution in [1.29, 1.82) is 5.26 Å². The van der Waals surface area contributed by atoms with Crippen LogP contribution in [0.15, 0.2) is 12.1 Å². The SMILES string of the molecule is N#Cc1nc(C(F)F)ccc1Cl. The number of alkyl halides is 2. The molecule has 0 saturated heterocycles. The van der Waals surface area contributed by atoms with Crippen LogP contribution in [-0.4, -0.2) is 4.98 Å². The summed E-state index contributed by atoms with van der Waals surface area (Å²) in [5.74, 6) is 0. The second-order valence-corrected chi connectivity index (χ2v) is 2.39. The van der Waals surface area contributed by atoms with Crippen molar-refractivity contribution in [3.05, 3.63) is 28.5 Å². The maximum atomic E-state index is 12.0. The van der Waals surface area contributed by atoms with Gasteiger partial charge in [0.05, 0.1) is 5.02 Å². The number of nitrogens with zero attached hydrogens (tertiary/aromatic N) is 2. The minimum atomic E-state index is -2.67. The first kappa shape index (κ1) is 8.88. The van der Waals surface area contributed by atoms with Gasteiger partial charge in [-0.15, -0.1) is 0 Å². The van der Waals surface area contributed by atoms with Crippen LogP contribution in [0.3, 0.4) is 0 Å². The number of aromatic nitrogens is 1. The van der Waals surface area contributed by atoms with Gasteiger partial charge in [0.25, 0.3) is 6.43 Å². The van der Waals surface area contributed by atoms with Crippen LogP contribution in [0.25, 0.3) is 0 Å². The van der Waals surface area contributed by atoms with Crippen LogP contribution in [0.1, 0.15) is 17.8 Å². The molecule has 0 amide bonds. The fourth-order valence-electron chi connectivity index (χ4n) is 0.657. The standard InChI is InChI=1S/C7H3ClF2N2/c8-4-1-2-5(7(9)10)12-6(4)3-11/h1-2,7H. The molecule has 0 aromatic carbocycles. The third kappa shape index (κ3) is 1.69. The quantitative estimate of drug-likeness (QED) is 0.679. The molecule has 0 bridgehead atoms. The molecule has 0 unspecified atom stereocenters. The van der Waals surface area contributed by atoms with Gasteiger partial charge in [-0.3, -0.25) is 0 Å². The van der Waals surface area contributed by atoms with E-state index in [9.17, 15) is 8.78 Å². The highest BCUT2D eigenvalue weighted by Crippen LogP contribution is 2.20. The van der Waals surface area contributed by atoms with Crippen molar-refractivity contribution in [1.82, 2.24) is 4.98 Å². The molecule has 62 valence electrons. The Kier molecular flexibility index (Phi) is 2.56. The number of rotatable bonds is 1. The Morgan fingerprint density at radius 1 is 1.50 bits per heavy atom. The van der Waals surface area contributed by atoms with E-state index in [-0.39, 0.29) is 10.7 Å². The topological polar surface area (TPSA) is 36.7 Å². The van der Waals surface area contributed by atoms with E-state index in [1.54, 1.807) is 6.07 Å². The predicted octanol–water partition coefficient (Wildman–Crippen LogP) is 2.54. The van der Waals surface area contributed by atoms with Crippen molar-refractivity contribution in [3.63, 3.8) is 0 Å². The van der Waals surface area contributed by atoms with E-state index in [1.165, 1.54) is 6.07 Å². The van der Waals surface area contributed by atoms with Crippen molar-refractivity contribution in [3.8, 4) is 6.07 Å². The zero-order valence-electron chi connectivity index (χ0n) is 5.76. The molecule has 0 fully saturated rings. The molecule has 0 saturated carbocycles. The fraction of sp³-hybridized carbons (Fsp3) is 0.143. The van der Waals surface area contributed by atoms with Crippen LogP contribution in [0.2, 0.25) is 5.02 Å². The Balaban J connectivity index is 3.16. The van der Waals surface area contributed by atoms with Gasteiger partial charge in [0.2, 0.25) is 0 Å². The minimum absolute atomic E-state index is 0.0851. The molecule has 1 heterocycles. The maximum absolute atomic E-state index is 12.0. The third-order valence-electron chi connectivity index (χ3n) is 1.20. The Morgan fingerprint density at radius 2 is 2.17 bits per heavy atom. The normalized spacial score (nSPS) is 9.92. The number of halogens is 3. The largest absolute Gasteiger partial charge is 0.280 e. The molecule has 0 atom stereocenters. The lowest BCUT2D eigenvalue weighted by Crippen LogP contribution is -1.93. The molecule has 0 aliphatic rings. The summed E-state index contributed by atoms with van der Waals surface area (Å²) < 4.78 is 24.0. The van der Waals surface area contributed by atoms with Gasteiger partial charge >= 0.3 is 0 Å². The van der Waals surface area contributed by atoms with Crippen molar-refractivity contribution in [2.45, 2.75) is 6.43 Å². The summed E-state index contributed by atoms with van der Waals surface area (Å²) in [5.41, 5.74) is -0.606. The first-order valence-electron chi connectivity index (χ1n) is 3.00. The van der Waals surface area contributed by atoms with Gasteiger partial charge in [-0.2, -0.15) is 5.26 Å².